The maximum atomic E-state index is 13.2. The van der Waals surface area contributed by atoms with Crippen molar-refractivity contribution in [2.75, 3.05) is 39.6 Å². The van der Waals surface area contributed by atoms with Crippen molar-refractivity contribution in [3.8, 4) is 0 Å². The maximum absolute atomic E-state index is 13.2. The first-order valence-electron chi connectivity index (χ1n) is 45.5. The molecule has 0 saturated carbocycles. The highest BCUT2D eigenvalue weighted by Gasteiger charge is 2.31. The van der Waals surface area contributed by atoms with Gasteiger partial charge in [-0.3, -0.25) is 37.3 Å². The van der Waals surface area contributed by atoms with Crippen LogP contribution in [0.4, 0.5) is 0 Å². The molecule has 0 aliphatic carbocycles. The van der Waals surface area contributed by atoms with Crippen molar-refractivity contribution in [1.29, 1.82) is 0 Å². The molecule has 0 rings (SSSR count). The first-order chi connectivity index (χ1) is 51.8. The summed E-state index contributed by atoms with van der Waals surface area (Å²) in [5, 5.41) is 10.7. The SMILES string of the molecule is CCCCCCCCCCCCCCCCCCCCCC(=O)OC[C@H](COP(=O)(O)OC[C@@H](O)COP(=O)(O)OC[C@@H](COC(=O)CCCCCCCCCCC(C)CC)OC(=O)CCCCCCCCCCCCC(C)CC)OC(=O)CCCCCCCCCCCCCCCCCCCCC(C)CC. The van der Waals surface area contributed by atoms with Crippen LogP contribution in [0.2, 0.25) is 0 Å². The van der Waals surface area contributed by atoms with E-state index in [0.29, 0.717) is 25.7 Å². The summed E-state index contributed by atoms with van der Waals surface area (Å²) < 4.78 is 69.0. The van der Waals surface area contributed by atoms with Gasteiger partial charge in [0.25, 0.3) is 0 Å². The third-order valence-corrected chi connectivity index (χ3v) is 23.6. The predicted molar refractivity (Wildman–Crippen MR) is 441 cm³/mol. The van der Waals surface area contributed by atoms with E-state index in [4.69, 9.17) is 37.0 Å². The fourth-order valence-electron chi connectivity index (χ4n) is 13.6. The molecule has 0 spiro atoms. The molecule has 0 saturated heterocycles. The minimum Gasteiger partial charge on any atom is -0.462 e. The molecule has 0 aliphatic heterocycles. The molecule has 0 bridgehead atoms. The van der Waals surface area contributed by atoms with Gasteiger partial charge in [-0.15, -0.1) is 0 Å². The van der Waals surface area contributed by atoms with Gasteiger partial charge in [0.2, 0.25) is 0 Å². The van der Waals surface area contributed by atoms with Gasteiger partial charge in [-0.2, -0.15) is 0 Å². The molecule has 107 heavy (non-hydrogen) atoms. The lowest BCUT2D eigenvalue weighted by molar-refractivity contribution is -0.161. The summed E-state index contributed by atoms with van der Waals surface area (Å²) in [5.41, 5.74) is 0. The molecule has 8 atom stereocenters. The van der Waals surface area contributed by atoms with Gasteiger partial charge in [-0.1, -0.05) is 414 Å². The highest BCUT2D eigenvalue weighted by atomic mass is 31.2. The molecule has 0 amide bonds. The van der Waals surface area contributed by atoms with Gasteiger partial charge < -0.3 is 33.8 Å². The molecule has 3 N–H and O–H groups in total. The lowest BCUT2D eigenvalue weighted by Gasteiger charge is -2.21. The Morgan fingerprint density at radius 2 is 0.449 bits per heavy atom. The zero-order valence-electron chi connectivity index (χ0n) is 70.6. The average Bonchev–Trinajstić information content (AvgIpc) is 0.900. The molecule has 0 aromatic carbocycles. The standard InChI is InChI=1S/C88H172O17P2/c1-8-12-13-14-15-16-17-18-19-20-21-25-28-31-34-40-48-55-62-69-85(90)98-75-83(104-87(92)71-64-57-50-41-35-32-29-26-23-22-24-27-30-33-38-45-52-59-66-79(5)9-2)77-102-106(94,95)100-73-82(89)74-101-107(96,97)103-78-84(76-99-86(91)70-63-56-49-44-43-47-54-61-68-81(7)11-4)105-88(93)72-65-58-51-42-37-36-39-46-53-60-67-80(6)10-3/h79-84,89H,8-78H2,1-7H3,(H,94,95)(H,96,97)/t79?,80?,81?,82-,83-,84-/m1/s1. The largest absolute Gasteiger partial charge is 0.472 e. The molecule has 0 aromatic rings. The summed E-state index contributed by atoms with van der Waals surface area (Å²) in [6, 6.07) is 0. The van der Waals surface area contributed by atoms with Gasteiger partial charge in [-0.25, -0.2) is 9.13 Å². The summed E-state index contributed by atoms with van der Waals surface area (Å²) in [6.07, 6.45) is 69.3. The van der Waals surface area contributed by atoms with Crippen molar-refractivity contribution in [3.63, 3.8) is 0 Å². The van der Waals surface area contributed by atoms with Crippen molar-refractivity contribution >= 4 is 39.5 Å². The molecule has 0 radical (unpaired) electrons. The van der Waals surface area contributed by atoms with Crippen LogP contribution >= 0.6 is 15.6 Å². The lowest BCUT2D eigenvalue weighted by atomic mass is 9.99. The summed E-state index contributed by atoms with van der Waals surface area (Å²) in [5.74, 6) is 0.348. The van der Waals surface area contributed by atoms with Gasteiger partial charge in [0.05, 0.1) is 26.4 Å². The number of hydrogen-bond acceptors (Lipinski definition) is 15. The molecule has 0 aliphatic rings. The number of aliphatic hydroxyl groups is 1. The van der Waals surface area contributed by atoms with Crippen molar-refractivity contribution in [2.24, 2.45) is 17.8 Å². The Morgan fingerprint density at radius 1 is 0.262 bits per heavy atom. The first-order valence-corrected chi connectivity index (χ1v) is 48.5. The van der Waals surface area contributed by atoms with Gasteiger partial charge in [-0.05, 0) is 43.4 Å². The molecular weight excluding hydrogens is 1390 g/mol. The zero-order chi connectivity index (χ0) is 78.6. The van der Waals surface area contributed by atoms with E-state index in [1.54, 1.807) is 0 Å². The number of carbonyl (C=O) groups excluding carboxylic acids is 4. The molecule has 5 unspecified atom stereocenters. The van der Waals surface area contributed by atoms with E-state index >= 15 is 0 Å². The number of esters is 4. The van der Waals surface area contributed by atoms with E-state index in [0.717, 1.165) is 108 Å². The number of hydrogen-bond donors (Lipinski definition) is 3. The lowest BCUT2D eigenvalue weighted by Crippen LogP contribution is -2.30. The van der Waals surface area contributed by atoms with E-state index in [1.165, 1.54) is 276 Å². The Kier molecular flexibility index (Phi) is 76.6. The van der Waals surface area contributed by atoms with Crippen molar-refractivity contribution < 1.29 is 80.2 Å². The minimum absolute atomic E-state index is 0.106. The second-order valence-electron chi connectivity index (χ2n) is 32.4. The topological polar surface area (TPSA) is 237 Å². The fraction of sp³-hybridized carbons (Fsp3) is 0.955. The van der Waals surface area contributed by atoms with E-state index in [2.05, 4.69) is 48.5 Å². The summed E-state index contributed by atoms with van der Waals surface area (Å²) in [6.45, 7) is 12.1. The fourth-order valence-corrected chi connectivity index (χ4v) is 15.2. The van der Waals surface area contributed by atoms with Crippen LogP contribution < -0.4 is 0 Å². The second-order valence-corrected chi connectivity index (χ2v) is 35.3. The first kappa shape index (κ1) is 105. The molecule has 636 valence electrons. The number of phosphoric ester groups is 2. The van der Waals surface area contributed by atoms with Gasteiger partial charge in [0.1, 0.15) is 19.3 Å². The molecule has 0 fully saturated rings. The van der Waals surface area contributed by atoms with Crippen LogP contribution in [0.5, 0.6) is 0 Å². The van der Waals surface area contributed by atoms with Crippen molar-refractivity contribution in [2.45, 2.75) is 484 Å². The minimum atomic E-state index is -4.97. The van der Waals surface area contributed by atoms with Crippen molar-refractivity contribution in [3.05, 3.63) is 0 Å². The highest BCUT2D eigenvalue weighted by molar-refractivity contribution is 7.47. The smallest absolute Gasteiger partial charge is 0.462 e. The second kappa shape index (κ2) is 78.0. The summed E-state index contributed by atoms with van der Waals surface area (Å²) >= 11 is 0. The van der Waals surface area contributed by atoms with Gasteiger partial charge in [0, 0.05) is 25.7 Å². The van der Waals surface area contributed by atoms with E-state index in [1.807, 2.05) is 0 Å². The Hall–Kier alpha value is -1.94. The monoisotopic (exact) mass is 1560 g/mol. The summed E-state index contributed by atoms with van der Waals surface area (Å²) in [7, 11) is -9.93. The van der Waals surface area contributed by atoms with Crippen LogP contribution in [0.1, 0.15) is 466 Å². The highest BCUT2D eigenvalue weighted by Crippen LogP contribution is 2.45. The quantitative estimate of drug-likeness (QED) is 0.0222. The van der Waals surface area contributed by atoms with Crippen molar-refractivity contribution in [1.82, 2.24) is 0 Å². The van der Waals surface area contributed by atoms with Crippen LogP contribution in [0.3, 0.4) is 0 Å². The molecule has 0 aromatic heterocycles. The Balaban J connectivity index is 5.25. The van der Waals surface area contributed by atoms with Crippen LogP contribution in [-0.2, 0) is 65.4 Å². The zero-order valence-corrected chi connectivity index (χ0v) is 72.4. The Labute approximate surface area is 658 Å². The van der Waals surface area contributed by atoms with Gasteiger partial charge >= 0.3 is 39.5 Å². The van der Waals surface area contributed by atoms with Crippen LogP contribution in [-0.4, -0.2) is 96.7 Å². The van der Waals surface area contributed by atoms with E-state index in [-0.39, 0.29) is 25.7 Å². The normalized spacial score (nSPS) is 14.6. The van der Waals surface area contributed by atoms with Gasteiger partial charge in [0.15, 0.2) is 12.2 Å². The molecular formula is C88H172O17P2. The molecule has 0 heterocycles. The Morgan fingerprint density at radius 3 is 0.664 bits per heavy atom. The van der Waals surface area contributed by atoms with E-state index < -0.39 is 97.5 Å². The molecule has 19 heteroatoms. The van der Waals surface area contributed by atoms with Crippen LogP contribution in [0.25, 0.3) is 0 Å². The number of ether oxygens (including phenoxy) is 4. The summed E-state index contributed by atoms with van der Waals surface area (Å²) in [4.78, 5) is 73.3. The van der Waals surface area contributed by atoms with E-state index in [9.17, 15) is 43.2 Å². The maximum Gasteiger partial charge on any atom is 0.472 e. The Bertz CT molecular complexity index is 2070. The third-order valence-electron chi connectivity index (χ3n) is 21.7. The number of aliphatic hydroxyl groups excluding tert-OH is 1. The number of rotatable bonds is 86. The third kappa shape index (κ3) is 77.8. The number of carbonyl (C=O) groups is 4. The predicted octanol–water partition coefficient (Wildman–Crippen LogP) is 26.9. The number of phosphoric acid groups is 2. The van der Waals surface area contributed by atoms with Crippen LogP contribution in [0, 0.1) is 17.8 Å². The molecule has 17 nitrogen and oxygen atoms in total. The number of unbranched alkanes of at least 4 members (excludes halogenated alkanes) is 51. The van der Waals surface area contributed by atoms with Crippen LogP contribution in [0.15, 0.2) is 0 Å². The average molecular weight is 1560 g/mol.